The molecule has 0 atom stereocenters. The van der Waals surface area contributed by atoms with E-state index in [1.54, 1.807) is 0 Å². The minimum Gasteiger partial charge on any atom is -0.454 e. The number of nitrogens with two attached hydrogens (primary N) is 1. The summed E-state index contributed by atoms with van der Waals surface area (Å²) in [4.78, 5) is 24.3. The molecule has 0 aliphatic carbocycles. The molecule has 1 aromatic heterocycles. The van der Waals surface area contributed by atoms with Gasteiger partial charge in [0.15, 0.2) is 6.61 Å². The van der Waals surface area contributed by atoms with Gasteiger partial charge < -0.3 is 15.0 Å². The maximum absolute atomic E-state index is 12.6. The number of nitrogen functional groups attached to an aromatic ring is 1. The molecule has 0 radical (unpaired) electrons. The van der Waals surface area contributed by atoms with Crippen LogP contribution in [0.1, 0.15) is 32.1 Å². The van der Waals surface area contributed by atoms with E-state index in [1.807, 2.05) is 0 Å². The van der Waals surface area contributed by atoms with Crippen molar-refractivity contribution in [1.29, 1.82) is 0 Å². The lowest BCUT2D eigenvalue weighted by molar-refractivity contribution is -0.141. The van der Waals surface area contributed by atoms with Crippen molar-refractivity contribution in [1.82, 2.24) is 4.57 Å². The Bertz CT molecular complexity index is 860. The van der Waals surface area contributed by atoms with E-state index < -0.39 is 31.1 Å². The van der Waals surface area contributed by atoms with Gasteiger partial charge >= 0.3 is 12.1 Å². The maximum atomic E-state index is 12.6. The predicted molar refractivity (Wildman–Crippen MR) is 90.4 cm³/mol. The van der Waals surface area contributed by atoms with Gasteiger partial charge in [0, 0.05) is 27.7 Å². The van der Waals surface area contributed by atoms with E-state index in [-0.39, 0.29) is 28.2 Å². The fourth-order valence-corrected chi connectivity index (χ4v) is 2.69. The quantitative estimate of drug-likeness (QED) is 0.478. The Balaban J connectivity index is 2.11. The summed E-state index contributed by atoms with van der Waals surface area (Å²) in [6, 6.07) is 5.51. The number of alkyl halides is 3. The highest BCUT2D eigenvalue weighted by molar-refractivity contribution is 6.31. The van der Waals surface area contributed by atoms with Gasteiger partial charge in [-0.05, 0) is 38.1 Å². The van der Waals surface area contributed by atoms with Gasteiger partial charge in [0.2, 0.25) is 5.78 Å². The first-order chi connectivity index (χ1) is 12.0. The van der Waals surface area contributed by atoms with Crippen molar-refractivity contribution in [3.63, 3.8) is 0 Å². The molecule has 0 saturated heterocycles. The number of carbonyl (C=O) groups is 2. The first-order valence-corrected chi connectivity index (χ1v) is 7.86. The van der Waals surface area contributed by atoms with Gasteiger partial charge in [-0.3, -0.25) is 4.79 Å². The average Bonchev–Trinajstić information content (AvgIpc) is 2.79. The number of esters is 1. The van der Waals surface area contributed by atoms with Crippen LogP contribution in [0.15, 0.2) is 24.3 Å². The standard InChI is InChI=1S/C17H16ClF3N2O3/c1-9-5-13(10(2)23(9)8-17(19,20)21)15(24)7-26-16(25)12-4-3-11(18)6-14(12)22/h3-6H,7-8,22H2,1-2H3. The minimum atomic E-state index is -4.41. The van der Waals surface area contributed by atoms with Crippen LogP contribution in [0.4, 0.5) is 18.9 Å². The van der Waals surface area contributed by atoms with Crippen LogP contribution in [0.3, 0.4) is 0 Å². The third-order valence-electron chi connectivity index (χ3n) is 3.78. The second-order valence-corrected chi connectivity index (χ2v) is 6.15. The maximum Gasteiger partial charge on any atom is 0.406 e. The highest BCUT2D eigenvalue weighted by atomic mass is 35.5. The van der Waals surface area contributed by atoms with E-state index in [2.05, 4.69) is 0 Å². The number of hydrogen-bond acceptors (Lipinski definition) is 4. The molecular weight excluding hydrogens is 373 g/mol. The van der Waals surface area contributed by atoms with Crippen molar-refractivity contribution < 1.29 is 27.5 Å². The number of ether oxygens (including phenoxy) is 1. The zero-order valence-corrected chi connectivity index (χ0v) is 14.7. The zero-order valence-electron chi connectivity index (χ0n) is 14.0. The van der Waals surface area contributed by atoms with E-state index in [9.17, 15) is 22.8 Å². The molecule has 0 aliphatic rings. The second kappa shape index (κ2) is 7.41. The van der Waals surface area contributed by atoms with Crippen LogP contribution < -0.4 is 5.73 Å². The zero-order chi connectivity index (χ0) is 19.6. The number of nitrogens with zero attached hydrogens (tertiary/aromatic N) is 1. The van der Waals surface area contributed by atoms with Crippen LogP contribution in [0, 0.1) is 13.8 Å². The van der Waals surface area contributed by atoms with Gasteiger partial charge in [0.1, 0.15) is 6.54 Å². The number of benzene rings is 1. The molecule has 0 amide bonds. The van der Waals surface area contributed by atoms with Crippen molar-refractivity contribution in [2.45, 2.75) is 26.6 Å². The van der Waals surface area contributed by atoms with Crippen molar-refractivity contribution >= 4 is 29.0 Å². The van der Waals surface area contributed by atoms with E-state index >= 15 is 0 Å². The topological polar surface area (TPSA) is 74.3 Å². The van der Waals surface area contributed by atoms with Crippen LogP contribution in [0.2, 0.25) is 5.02 Å². The smallest absolute Gasteiger partial charge is 0.406 e. The van der Waals surface area contributed by atoms with E-state index in [0.717, 1.165) is 4.57 Å². The van der Waals surface area contributed by atoms with Crippen LogP contribution in [0.5, 0.6) is 0 Å². The monoisotopic (exact) mass is 388 g/mol. The Labute approximate surface area is 152 Å². The largest absolute Gasteiger partial charge is 0.454 e. The third kappa shape index (κ3) is 4.57. The fraction of sp³-hybridized carbons (Fsp3) is 0.294. The molecule has 0 aliphatic heterocycles. The van der Waals surface area contributed by atoms with Crippen molar-refractivity contribution in [2.24, 2.45) is 0 Å². The first kappa shape index (κ1) is 19.8. The number of carbonyl (C=O) groups excluding carboxylic acids is 2. The molecule has 1 aromatic carbocycles. The molecule has 5 nitrogen and oxygen atoms in total. The molecule has 0 spiro atoms. The van der Waals surface area contributed by atoms with Gasteiger partial charge in [0.25, 0.3) is 0 Å². The lowest BCUT2D eigenvalue weighted by atomic mass is 10.1. The third-order valence-corrected chi connectivity index (χ3v) is 4.01. The summed E-state index contributed by atoms with van der Waals surface area (Å²) in [6.45, 7) is 1.07. The molecule has 2 N–H and O–H groups in total. The van der Waals surface area contributed by atoms with Crippen LogP contribution in [-0.2, 0) is 11.3 Å². The molecule has 0 fully saturated rings. The predicted octanol–water partition coefficient (Wildman–Crippen LogP) is 3.94. The van der Waals surface area contributed by atoms with Gasteiger partial charge in [-0.1, -0.05) is 11.6 Å². The lowest BCUT2D eigenvalue weighted by Crippen LogP contribution is -2.20. The Morgan fingerprint density at radius 1 is 1.19 bits per heavy atom. The van der Waals surface area contributed by atoms with Crippen molar-refractivity contribution in [3.05, 3.63) is 51.8 Å². The number of aryl methyl sites for hydroxylation is 1. The van der Waals surface area contributed by atoms with Crippen molar-refractivity contribution in [2.75, 3.05) is 12.3 Å². The summed E-state index contributed by atoms with van der Waals surface area (Å²) in [5.41, 5.74) is 6.33. The first-order valence-electron chi connectivity index (χ1n) is 7.48. The summed E-state index contributed by atoms with van der Waals surface area (Å²) >= 11 is 5.74. The summed E-state index contributed by atoms with van der Waals surface area (Å²) in [5.74, 6) is -1.43. The van der Waals surface area contributed by atoms with Gasteiger partial charge in [-0.2, -0.15) is 13.2 Å². The Kier molecular flexibility index (Phi) is 5.65. The van der Waals surface area contributed by atoms with Crippen LogP contribution >= 0.6 is 11.6 Å². The highest BCUT2D eigenvalue weighted by Gasteiger charge is 2.30. The van der Waals surface area contributed by atoms with Crippen molar-refractivity contribution in [3.8, 4) is 0 Å². The normalized spacial score (nSPS) is 11.5. The molecule has 0 saturated carbocycles. The number of anilines is 1. The number of rotatable bonds is 5. The molecule has 2 rings (SSSR count). The molecule has 0 bridgehead atoms. The summed E-state index contributed by atoms with van der Waals surface area (Å²) < 4.78 is 43.8. The van der Waals surface area contributed by atoms with E-state index in [4.69, 9.17) is 22.1 Å². The highest BCUT2D eigenvalue weighted by Crippen LogP contribution is 2.24. The summed E-state index contributed by atoms with van der Waals surface area (Å²) in [6.07, 6.45) is -4.41. The fourth-order valence-electron chi connectivity index (χ4n) is 2.51. The lowest BCUT2D eigenvalue weighted by Gasteiger charge is -2.12. The molecule has 0 unspecified atom stereocenters. The number of hydrogen-bond donors (Lipinski definition) is 1. The molecule has 140 valence electrons. The number of aromatic nitrogens is 1. The molecular formula is C17H16ClF3N2O3. The molecule has 26 heavy (non-hydrogen) atoms. The number of Topliss-reactive ketones (excluding diaryl/α,β-unsaturated/α-hetero) is 1. The van der Waals surface area contributed by atoms with Crippen LogP contribution in [-0.4, -0.2) is 29.1 Å². The minimum absolute atomic E-state index is 0.0461. The number of ketones is 1. The van der Waals surface area contributed by atoms with Gasteiger partial charge in [-0.25, -0.2) is 4.79 Å². The summed E-state index contributed by atoms with van der Waals surface area (Å²) in [7, 11) is 0. The Morgan fingerprint density at radius 2 is 1.85 bits per heavy atom. The SMILES string of the molecule is Cc1cc(C(=O)COC(=O)c2ccc(Cl)cc2N)c(C)n1CC(F)(F)F. The molecule has 9 heteroatoms. The van der Waals surface area contributed by atoms with Gasteiger partial charge in [0.05, 0.1) is 5.56 Å². The average molecular weight is 389 g/mol. The van der Waals surface area contributed by atoms with Crippen LogP contribution in [0.25, 0.3) is 0 Å². The Morgan fingerprint density at radius 3 is 2.42 bits per heavy atom. The molecule has 2 aromatic rings. The van der Waals surface area contributed by atoms with E-state index in [0.29, 0.717) is 5.02 Å². The second-order valence-electron chi connectivity index (χ2n) is 5.72. The van der Waals surface area contributed by atoms with E-state index in [1.165, 1.54) is 38.1 Å². The molecule has 1 heterocycles. The number of halogens is 4. The summed E-state index contributed by atoms with van der Waals surface area (Å²) in [5, 5.41) is 0.340. The van der Waals surface area contributed by atoms with Gasteiger partial charge in [-0.15, -0.1) is 0 Å². The Hall–Kier alpha value is -2.48.